The Labute approximate surface area is 107 Å². The van der Waals surface area contributed by atoms with Crippen molar-refractivity contribution in [3.05, 3.63) is 30.1 Å². The summed E-state index contributed by atoms with van der Waals surface area (Å²) in [5.41, 5.74) is 7.03. The summed E-state index contributed by atoms with van der Waals surface area (Å²) in [4.78, 5) is 6.32. The second kappa shape index (κ2) is 6.35. The first-order valence-electron chi connectivity index (χ1n) is 6.41. The molecular weight excluding hydrogens is 228 g/mol. The Morgan fingerprint density at radius 2 is 2.22 bits per heavy atom. The molecule has 1 fully saturated rings. The average molecular weight is 248 g/mol. The largest absolute Gasteiger partial charge is 0.409 e. The summed E-state index contributed by atoms with van der Waals surface area (Å²) in [7, 11) is 0. The molecule has 5 nitrogen and oxygen atoms in total. The van der Waals surface area contributed by atoms with Crippen molar-refractivity contribution in [3.8, 4) is 0 Å². The van der Waals surface area contributed by atoms with Crippen LogP contribution in [0.25, 0.3) is 0 Å². The molecule has 1 aromatic rings. The van der Waals surface area contributed by atoms with Gasteiger partial charge in [-0.1, -0.05) is 11.6 Å². The van der Waals surface area contributed by atoms with Crippen molar-refractivity contribution in [2.45, 2.75) is 31.7 Å². The van der Waals surface area contributed by atoms with Gasteiger partial charge < -0.3 is 10.9 Å². The molecule has 1 atom stereocenters. The van der Waals surface area contributed by atoms with E-state index in [9.17, 15) is 0 Å². The third-order valence-electron chi connectivity index (χ3n) is 3.51. The van der Waals surface area contributed by atoms with Gasteiger partial charge in [-0.05, 0) is 43.5 Å². The summed E-state index contributed by atoms with van der Waals surface area (Å²) in [6, 6.07) is 4.15. The zero-order valence-corrected chi connectivity index (χ0v) is 10.5. The van der Waals surface area contributed by atoms with Gasteiger partial charge in [-0.25, -0.2) is 0 Å². The van der Waals surface area contributed by atoms with Gasteiger partial charge in [-0.3, -0.25) is 9.88 Å². The van der Waals surface area contributed by atoms with Gasteiger partial charge in [0.2, 0.25) is 0 Å². The SMILES string of the molecule is NC(=NO)C1CCCCN1CCc1ccncc1. The number of rotatable bonds is 4. The number of likely N-dealkylation sites (tertiary alicyclic amines) is 1. The van der Waals surface area contributed by atoms with Crippen molar-refractivity contribution >= 4 is 5.84 Å². The summed E-state index contributed by atoms with van der Waals surface area (Å²) < 4.78 is 0. The van der Waals surface area contributed by atoms with Crippen LogP contribution in [0.1, 0.15) is 24.8 Å². The number of hydrogen-bond acceptors (Lipinski definition) is 4. The topological polar surface area (TPSA) is 74.7 Å². The van der Waals surface area contributed by atoms with Crippen molar-refractivity contribution in [1.82, 2.24) is 9.88 Å². The zero-order chi connectivity index (χ0) is 12.8. The van der Waals surface area contributed by atoms with Crippen LogP contribution >= 0.6 is 0 Å². The Morgan fingerprint density at radius 3 is 2.94 bits per heavy atom. The highest BCUT2D eigenvalue weighted by atomic mass is 16.4. The molecule has 1 aliphatic heterocycles. The number of amidine groups is 1. The standard InChI is InChI=1S/C13H20N4O/c14-13(16-18)12-3-1-2-9-17(12)10-6-11-4-7-15-8-5-11/h4-5,7-8,12,18H,1-3,6,9-10H2,(H2,14,16). The van der Waals surface area contributed by atoms with Gasteiger partial charge in [0.1, 0.15) is 0 Å². The Morgan fingerprint density at radius 1 is 1.44 bits per heavy atom. The van der Waals surface area contributed by atoms with Crippen LogP contribution in [0.3, 0.4) is 0 Å². The monoisotopic (exact) mass is 248 g/mol. The van der Waals surface area contributed by atoms with Crippen LogP contribution in [-0.4, -0.2) is 40.1 Å². The maximum atomic E-state index is 8.82. The Bertz CT molecular complexity index is 393. The lowest BCUT2D eigenvalue weighted by atomic mass is 10.0. The van der Waals surface area contributed by atoms with E-state index in [2.05, 4.69) is 15.0 Å². The van der Waals surface area contributed by atoms with E-state index in [1.807, 2.05) is 24.5 Å². The van der Waals surface area contributed by atoms with E-state index in [0.717, 1.165) is 32.4 Å². The van der Waals surface area contributed by atoms with Gasteiger partial charge in [-0.15, -0.1) is 0 Å². The minimum Gasteiger partial charge on any atom is -0.409 e. The van der Waals surface area contributed by atoms with Crippen LogP contribution in [-0.2, 0) is 6.42 Å². The quantitative estimate of drug-likeness (QED) is 0.364. The van der Waals surface area contributed by atoms with Crippen molar-refractivity contribution in [1.29, 1.82) is 0 Å². The second-order valence-electron chi connectivity index (χ2n) is 4.68. The molecule has 0 saturated carbocycles. The highest BCUT2D eigenvalue weighted by Crippen LogP contribution is 2.17. The van der Waals surface area contributed by atoms with Gasteiger partial charge in [0.05, 0.1) is 6.04 Å². The van der Waals surface area contributed by atoms with Crippen LogP contribution in [0.5, 0.6) is 0 Å². The molecule has 0 aliphatic carbocycles. The van der Waals surface area contributed by atoms with Gasteiger partial charge in [-0.2, -0.15) is 0 Å². The lowest BCUT2D eigenvalue weighted by Crippen LogP contribution is -2.48. The van der Waals surface area contributed by atoms with Crippen LogP contribution in [0.4, 0.5) is 0 Å². The molecule has 98 valence electrons. The van der Waals surface area contributed by atoms with Crippen LogP contribution < -0.4 is 5.73 Å². The molecule has 0 aromatic carbocycles. The summed E-state index contributed by atoms with van der Waals surface area (Å²) in [5.74, 6) is 0.337. The molecule has 1 aliphatic rings. The first-order valence-corrected chi connectivity index (χ1v) is 6.41. The lowest BCUT2D eigenvalue weighted by molar-refractivity contribution is 0.188. The van der Waals surface area contributed by atoms with E-state index < -0.39 is 0 Å². The lowest BCUT2D eigenvalue weighted by Gasteiger charge is -2.34. The van der Waals surface area contributed by atoms with Crippen molar-refractivity contribution in [3.63, 3.8) is 0 Å². The number of oxime groups is 1. The molecular formula is C13H20N4O. The molecule has 3 N–H and O–H groups in total. The number of nitrogens with zero attached hydrogens (tertiary/aromatic N) is 3. The fourth-order valence-corrected chi connectivity index (χ4v) is 2.48. The maximum absolute atomic E-state index is 8.82. The minimum absolute atomic E-state index is 0.0885. The predicted octanol–water partition coefficient (Wildman–Crippen LogP) is 1.22. The number of pyridine rings is 1. The highest BCUT2D eigenvalue weighted by molar-refractivity contribution is 5.85. The Kier molecular flexibility index (Phi) is 4.52. The molecule has 5 heteroatoms. The fraction of sp³-hybridized carbons (Fsp3) is 0.538. The predicted molar refractivity (Wildman–Crippen MR) is 70.6 cm³/mol. The van der Waals surface area contributed by atoms with Crippen LogP contribution in [0, 0.1) is 0 Å². The van der Waals surface area contributed by atoms with E-state index >= 15 is 0 Å². The molecule has 18 heavy (non-hydrogen) atoms. The number of hydrogen-bond donors (Lipinski definition) is 2. The molecule has 2 rings (SSSR count). The summed E-state index contributed by atoms with van der Waals surface area (Å²) in [6.45, 7) is 1.96. The average Bonchev–Trinajstić information content (AvgIpc) is 2.45. The smallest absolute Gasteiger partial charge is 0.156 e. The highest BCUT2D eigenvalue weighted by Gasteiger charge is 2.25. The zero-order valence-electron chi connectivity index (χ0n) is 10.5. The van der Waals surface area contributed by atoms with Crippen molar-refractivity contribution in [2.75, 3.05) is 13.1 Å². The molecule has 1 saturated heterocycles. The molecule has 2 heterocycles. The summed E-state index contributed by atoms with van der Waals surface area (Å²) in [6.07, 6.45) is 7.90. The fourth-order valence-electron chi connectivity index (χ4n) is 2.48. The van der Waals surface area contributed by atoms with Crippen molar-refractivity contribution in [2.24, 2.45) is 10.9 Å². The third kappa shape index (κ3) is 3.20. The third-order valence-corrected chi connectivity index (χ3v) is 3.51. The molecule has 1 unspecified atom stereocenters. The Balaban J connectivity index is 1.94. The molecule has 0 radical (unpaired) electrons. The van der Waals surface area contributed by atoms with Crippen LogP contribution in [0.2, 0.25) is 0 Å². The van der Waals surface area contributed by atoms with Gasteiger partial charge in [0, 0.05) is 18.9 Å². The maximum Gasteiger partial charge on any atom is 0.156 e. The summed E-state index contributed by atoms with van der Waals surface area (Å²) >= 11 is 0. The second-order valence-corrected chi connectivity index (χ2v) is 4.68. The van der Waals surface area contributed by atoms with Crippen molar-refractivity contribution < 1.29 is 5.21 Å². The first-order chi connectivity index (χ1) is 8.81. The molecule has 0 spiro atoms. The van der Waals surface area contributed by atoms with Gasteiger partial charge in [0.15, 0.2) is 5.84 Å². The first kappa shape index (κ1) is 12.8. The van der Waals surface area contributed by atoms with E-state index in [1.54, 1.807) is 0 Å². The molecule has 0 bridgehead atoms. The minimum atomic E-state index is 0.0885. The van der Waals surface area contributed by atoms with Gasteiger partial charge in [0.25, 0.3) is 0 Å². The number of aromatic nitrogens is 1. The molecule has 0 amide bonds. The van der Waals surface area contributed by atoms with Gasteiger partial charge >= 0.3 is 0 Å². The van der Waals surface area contributed by atoms with E-state index in [4.69, 9.17) is 10.9 Å². The summed E-state index contributed by atoms with van der Waals surface area (Å²) in [5, 5.41) is 12.0. The van der Waals surface area contributed by atoms with E-state index in [0.29, 0.717) is 5.84 Å². The number of piperidine rings is 1. The normalized spacial score (nSPS) is 22.0. The molecule has 1 aromatic heterocycles. The van der Waals surface area contributed by atoms with Crippen LogP contribution in [0.15, 0.2) is 29.7 Å². The van der Waals surface area contributed by atoms with E-state index in [-0.39, 0.29) is 6.04 Å². The Hall–Kier alpha value is -1.62. The van der Waals surface area contributed by atoms with E-state index in [1.165, 1.54) is 12.0 Å². The number of nitrogens with two attached hydrogens (primary N) is 1.